The monoisotopic (exact) mass is 418 g/mol. The average molecular weight is 419 g/mol. The van der Waals surface area contributed by atoms with Crippen LogP contribution in [0.1, 0.15) is 10.4 Å². The number of piperazine rings is 1. The fourth-order valence-electron chi connectivity index (χ4n) is 2.85. The Balaban J connectivity index is 1.78. The van der Waals surface area contributed by atoms with E-state index >= 15 is 0 Å². The minimum atomic E-state index is -4.41. The van der Waals surface area contributed by atoms with Gasteiger partial charge in [0.1, 0.15) is 17.5 Å². The number of hydrogen-bond donors (Lipinski definition) is 0. The lowest BCUT2D eigenvalue weighted by Gasteiger charge is -2.34. The molecule has 10 heteroatoms. The fraction of sp³-hybridized carbons (Fsp3) is 0.235. The lowest BCUT2D eigenvalue weighted by molar-refractivity contribution is 0.0693. The topological polar surface area (TPSA) is 57.7 Å². The molecule has 0 radical (unpaired) electrons. The minimum absolute atomic E-state index is 0.0523. The van der Waals surface area contributed by atoms with Gasteiger partial charge < -0.3 is 4.90 Å². The number of rotatable bonds is 3. The van der Waals surface area contributed by atoms with E-state index in [0.717, 1.165) is 28.6 Å². The van der Waals surface area contributed by atoms with E-state index in [2.05, 4.69) is 0 Å². The van der Waals surface area contributed by atoms with Crippen molar-refractivity contribution in [3.63, 3.8) is 0 Å². The van der Waals surface area contributed by atoms with Gasteiger partial charge >= 0.3 is 0 Å². The summed E-state index contributed by atoms with van der Waals surface area (Å²) in [6.07, 6.45) is 0. The molecule has 0 aromatic heterocycles. The van der Waals surface area contributed by atoms with Gasteiger partial charge in [-0.05, 0) is 24.3 Å². The van der Waals surface area contributed by atoms with E-state index in [1.165, 1.54) is 17.0 Å². The zero-order valence-corrected chi connectivity index (χ0v) is 15.4. The van der Waals surface area contributed by atoms with Crippen LogP contribution in [-0.2, 0) is 10.0 Å². The van der Waals surface area contributed by atoms with Gasteiger partial charge in [-0.2, -0.15) is 4.31 Å². The smallest absolute Gasteiger partial charge is 0.258 e. The lowest BCUT2D eigenvalue weighted by atomic mass is 10.1. The quantitative estimate of drug-likeness (QED) is 0.770. The molecule has 1 amide bonds. The number of amides is 1. The highest BCUT2D eigenvalue weighted by Crippen LogP contribution is 2.25. The highest BCUT2D eigenvalue weighted by Gasteiger charge is 2.34. The highest BCUT2D eigenvalue weighted by atomic mass is 35.5. The highest BCUT2D eigenvalue weighted by molar-refractivity contribution is 7.89. The Morgan fingerprint density at radius 3 is 1.96 bits per heavy atom. The van der Waals surface area contributed by atoms with E-state index in [1.54, 1.807) is 0 Å². The van der Waals surface area contributed by atoms with Crippen LogP contribution >= 0.6 is 11.6 Å². The Bertz CT molecular complexity index is 952. The molecule has 5 nitrogen and oxygen atoms in total. The summed E-state index contributed by atoms with van der Waals surface area (Å²) in [7, 11) is -4.41. The Morgan fingerprint density at radius 1 is 0.889 bits per heavy atom. The summed E-state index contributed by atoms with van der Waals surface area (Å²) in [6.45, 7) is -0.514. The van der Waals surface area contributed by atoms with E-state index < -0.39 is 38.3 Å². The number of nitrogens with zero attached hydrogens (tertiary/aromatic N) is 2. The maximum absolute atomic E-state index is 13.9. The molecule has 0 aliphatic carbocycles. The molecule has 0 saturated carbocycles. The second-order valence-electron chi connectivity index (χ2n) is 5.84. The van der Waals surface area contributed by atoms with Gasteiger partial charge in [0.05, 0.1) is 10.6 Å². The first-order valence-corrected chi connectivity index (χ1v) is 9.72. The van der Waals surface area contributed by atoms with Gasteiger partial charge in [-0.3, -0.25) is 4.79 Å². The summed E-state index contributed by atoms with van der Waals surface area (Å²) in [5, 5.41) is -0.0523. The van der Waals surface area contributed by atoms with Crippen molar-refractivity contribution in [3.05, 3.63) is 64.4 Å². The van der Waals surface area contributed by atoms with Gasteiger partial charge in [0.15, 0.2) is 4.90 Å². The van der Waals surface area contributed by atoms with Gasteiger partial charge in [0, 0.05) is 26.2 Å². The summed E-state index contributed by atoms with van der Waals surface area (Å²) >= 11 is 5.88. The SMILES string of the molecule is O=C(c1c(F)cccc1Cl)N1CCN(S(=O)(=O)c2c(F)cccc2F)CC1. The predicted molar refractivity (Wildman–Crippen MR) is 92.4 cm³/mol. The van der Waals surface area contributed by atoms with E-state index in [0.29, 0.717) is 0 Å². The van der Waals surface area contributed by atoms with Crippen LogP contribution in [0, 0.1) is 17.5 Å². The van der Waals surface area contributed by atoms with E-state index in [1.807, 2.05) is 0 Å². The first kappa shape index (κ1) is 19.7. The number of halogens is 4. The molecular formula is C17H14ClF3N2O3S. The Hall–Kier alpha value is -2.10. The molecule has 144 valence electrons. The van der Waals surface area contributed by atoms with Crippen LogP contribution in [0.5, 0.6) is 0 Å². The second-order valence-corrected chi connectivity index (χ2v) is 8.13. The summed E-state index contributed by atoms with van der Waals surface area (Å²) in [5.41, 5.74) is -0.296. The van der Waals surface area contributed by atoms with Crippen LogP contribution < -0.4 is 0 Å². The maximum atomic E-state index is 13.9. The van der Waals surface area contributed by atoms with E-state index in [-0.39, 0.29) is 36.8 Å². The first-order chi connectivity index (χ1) is 12.7. The molecule has 0 bridgehead atoms. The predicted octanol–water partition coefficient (Wildman–Crippen LogP) is 2.90. The molecule has 1 fully saturated rings. The number of benzene rings is 2. The number of sulfonamides is 1. The molecule has 0 spiro atoms. The number of hydrogen-bond acceptors (Lipinski definition) is 3. The molecule has 2 aromatic carbocycles. The Labute approximate surface area is 159 Å². The second kappa shape index (κ2) is 7.49. The summed E-state index contributed by atoms with van der Waals surface area (Å²) < 4.78 is 67.6. The van der Waals surface area contributed by atoms with Crippen molar-refractivity contribution < 1.29 is 26.4 Å². The average Bonchev–Trinajstić information content (AvgIpc) is 2.61. The van der Waals surface area contributed by atoms with Crippen molar-refractivity contribution in [2.45, 2.75) is 4.90 Å². The third-order valence-electron chi connectivity index (χ3n) is 4.22. The van der Waals surface area contributed by atoms with Gasteiger partial charge in [-0.15, -0.1) is 0 Å². The van der Waals surface area contributed by atoms with Crippen molar-refractivity contribution in [3.8, 4) is 0 Å². The van der Waals surface area contributed by atoms with Crippen LogP contribution in [0.25, 0.3) is 0 Å². The zero-order chi connectivity index (χ0) is 19.8. The van der Waals surface area contributed by atoms with Crippen LogP contribution in [0.4, 0.5) is 13.2 Å². The lowest BCUT2D eigenvalue weighted by Crippen LogP contribution is -2.50. The van der Waals surface area contributed by atoms with E-state index in [9.17, 15) is 26.4 Å². The van der Waals surface area contributed by atoms with Crippen molar-refractivity contribution in [2.24, 2.45) is 0 Å². The van der Waals surface area contributed by atoms with Crippen LogP contribution in [0.15, 0.2) is 41.3 Å². The third kappa shape index (κ3) is 3.67. The Morgan fingerprint density at radius 2 is 1.41 bits per heavy atom. The van der Waals surface area contributed by atoms with Gasteiger partial charge in [-0.1, -0.05) is 23.7 Å². The minimum Gasteiger partial charge on any atom is -0.336 e. The van der Waals surface area contributed by atoms with Crippen molar-refractivity contribution in [2.75, 3.05) is 26.2 Å². The Kier molecular flexibility index (Phi) is 5.45. The molecule has 27 heavy (non-hydrogen) atoms. The molecular weight excluding hydrogens is 405 g/mol. The molecule has 1 aliphatic heterocycles. The molecule has 0 unspecified atom stereocenters. The zero-order valence-electron chi connectivity index (χ0n) is 13.8. The van der Waals surface area contributed by atoms with Crippen molar-refractivity contribution in [1.82, 2.24) is 9.21 Å². The van der Waals surface area contributed by atoms with Crippen LogP contribution in [0.3, 0.4) is 0 Å². The molecule has 3 rings (SSSR count). The molecule has 1 saturated heterocycles. The van der Waals surface area contributed by atoms with Crippen LogP contribution in [-0.4, -0.2) is 49.7 Å². The van der Waals surface area contributed by atoms with Gasteiger partial charge in [-0.25, -0.2) is 21.6 Å². The summed E-state index contributed by atoms with van der Waals surface area (Å²) in [5.74, 6) is -3.83. The van der Waals surface area contributed by atoms with Crippen LogP contribution in [0.2, 0.25) is 5.02 Å². The first-order valence-electron chi connectivity index (χ1n) is 7.91. The number of carbonyl (C=O) groups is 1. The normalized spacial score (nSPS) is 15.8. The van der Waals surface area contributed by atoms with E-state index in [4.69, 9.17) is 11.6 Å². The fourth-order valence-corrected chi connectivity index (χ4v) is 4.62. The molecule has 0 atom stereocenters. The maximum Gasteiger partial charge on any atom is 0.258 e. The largest absolute Gasteiger partial charge is 0.336 e. The van der Waals surface area contributed by atoms with Gasteiger partial charge in [0.25, 0.3) is 5.91 Å². The van der Waals surface area contributed by atoms with Crippen molar-refractivity contribution >= 4 is 27.5 Å². The molecule has 2 aromatic rings. The molecule has 1 heterocycles. The summed E-state index contributed by atoms with van der Waals surface area (Å²) in [4.78, 5) is 12.7. The van der Waals surface area contributed by atoms with Crippen molar-refractivity contribution in [1.29, 1.82) is 0 Å². The standard InChI is InChI=1S/C17H14ClF3N2O3S/c18-11-3-1-4-12(19)15(11)17(24)22-7-9-23(10-8-22)27(25,26)16-13(20)5-2-6-14(16)21/h1-6H,7-10H2. The molecule has 0 N–H and O–H groups in total. The summed E-state index contributed by atoms with van der Waals surface area (Å²) in [6, 6.07) is 6.62. The molecule has 1 aliphatic rings. The van der Waals surface area contributed by atoms with Gasteiger partial charge in [0.2, 0.25) is 10.0 Å². The third-order valence-corrected chi connectivity index (χ3v) is 6.49. The number of carbonyl (C=O) groups excluding carboxylic acids is 1.